The number of hydrogen-bond acceptors (Lipinski definition) is 6. The molecule has 2 aromatic heterocycles. The van der Waals surface area contributed by atoms with E-state index >= 15 is 0 Å². The average molecular weight is 475 g/mol. The number of nitrogens with zero attached hydrogens (tertiary/aromatic N) is 2. The second-order valence-electron chi connectivity index (χ2n) is 5.99. The first-order chi connectivity index (χ1) is 14.4. The van der Waals surface area contributed by atoms with Gasteiger partial charge in [0.05, 0.1) is 0 Å². The molecule has 4 rings (SSSR count). The number of rotatable bonds is 2. The van der Waals surface area contributed by atoms with Crippen LogP contribution in [0.15, 0.2) is 60.9 Å². The van der Waals surface area contributed by atoms with Crippen LogP contribution in [0, 0.1) is 9.54 Å². The summed E-state index contributed by atoms with van der Waals surface area (Å²) in [6.07, 6.45) is 3.24. The molecule has 6 nitrogen and oxygen atoms in total. The van der Waals surface area contributed by atoms with Gasteiger partial charge >= 0.3 is 0 Å². The van der Waals surface area contributed by atoms with Crippen molar-refractivity contribution in [1.29, 1.82) is 0 Å². The molecule has 2 aromatic carbocycles. The summed E-state index contributed by atoms with van der Waals surface area (Å²) in [6, 6.07) is 14.9. The Balaban J connectivity index is 0.000000171. The Morgan fingerprint density at radius 1 is 0.633 bits per heavy atom. The Hall–Kier alpha value is -2.78. The summed E-state index contributed by atoms with van der Waals surface area (Å²) in [7, 11) is 0. The van der Waals surface area contributed by atoms with Crippen molar-refractivity contribution < 1.29 is 0 Å². The third kappa shape index (κ3) is 5.22. The van der Waals surface area contributed by atoms with Crippen LogP contribution in [-0.2, 0) is 0 Å². The van der Waals surface area contributed by atoms with Crippen molar-refractivity contribution in [1.82, 2.24) is 19.9 Å². The summed E-state index contributed by atoms with van der Waals surface area (Å²) < 4.78 is 0.728. The second kappa shape index (κ2) is 9.82. The van der Waals surface area contributed by atoms with E-state index in [1.165, 1.54) is 0 Å². The Morgan fingerprint density at radius 2 is 1.00 bits per heavy atom. The highest BCUT2D eigenvalue weighted by Crippen LogP contribution is 2.30. The lowest BCUT2D eigenvalue weighted by Gasteiger charge is -2.06. The quantitative estimate of drug-likeness (QED) is 0.262. The second-order valence-corrected chi connectivity index (χ2v) is 7.58. The molecule has 0 bridgehead atoms. The predicted octanol–water partition coefficient (Wildman–Crippen LogP) is 6.08. The molecule has 0 spiro atoms. The van der Waals surface area contributed by atoms with Gasteiger partial charge in [-0.1, -0.05) is 59.6 Å². The lowest BCUT2D eigenvalue weighted by Crippen LogP contribution is -1.96. The maximum atomic E-state index is 6.05. The largest absolute Gasteiger partial charge is 0.385 e. The van der Waals surface area contributed by atoms with Gasteiger partial charge in [-0.2, -0.15) is 0 Å². The highest BCUT2D eigenvalue weighted by Gasteiger charge is 2.07. The number of nitrogens with two attached hydrogens (primary N) is 2. The van der Waals surface area contributed by atoms with Gasteiger partial charge in [-0.25, -0.2) is 9.97 Å². The molecule has 30 heavy (non-hydrogen) atoms. The average Bonchev–Trinajstić information content (AvgIpc) is 2.70. The molecule has 0 amide bonds. The van der Waals surface area contributed by atoms with Gasteiger partial charge < -0.3 is 21.4 Å². The maximum Gasteiger partial charge on any atom is 0.198 e. The van der Waals surface area contributed by atoms with Gasteiger partial charge in [0.15, 0.2) is 9.54 Å². The Morgan fingerprint density at radius 3 is 1.33 bits per heavy atom. The van der Waals surface area contributed by atoms with E-state index in [-0.39, 0.29) is 0 Å². The van der Waals surface area contributed by atoms with E-state index in [2.05, 4.69) is 19.9 Å². The standard InChI is InChI=1S/2C10H8ClN3S/c2*11-8-4-2-1-3-6(8)7-5-13-10(15)14-9(7)12/h2*1-5H,(H3,12,13,14,15). The van der Waals surface area contributed by atoms with Crippen LogP contribution in [0.5, 0.6) is 0 Å². The van der Waals surface area contributed by atoms with E-state index in [1.807, 2.05) is 36.4 Å². The van der Waals surface area contributed by atoms with Crippen LogP contribution in [-0.4, -0.2) is 19.9 Å². The van der Waals surface area contributed by atoms with Gasteiger partial charge in [-0.15, -0.1) is 0 Å². The summed E-state index contributed by atoms with van der Waals surface area (Å²) in [5.41, 5.74) is 14.8. The number of H-pyrrole nitrogens is 2. The van der Waals surface area contributed by atoms with Crippen molar-refractivity contribution in [3.8, 4) is 22.3 Å². The van der Waals surface area contributed by atoms with Crippen LogP contribution in [0.3, 0.4) is 0 Å². The molecule has 152 valence electrons. The van der Waals surface area contributed by atoms with Gasteiger partial charge in [-0.05, 0) is 36.6 Å². The number of benzene rings is 2. The maximum absolute atomic E-state index is 6.05. The molecular weight excluding hydrogens is 459 g/mol. The number of halogens is 2. The summed E-state index contributed by atoms with van der Waals surface area (Å²) in [4.78, 5) is 13.5. The molecule has 0 saturated heterocycles. The SMILES string of the molecule is Nc1[nH]c(=S)ncc1-c1ccccc1Cl.Nc1[nH]c(=S)ncc1-c1ccccc1Cl. The minimum absolute atomic E-state index is 0.364. The third-order valence-corrected chi connectivity index (χ3v) is 5.09. The van der Waals surface area contributed by atoms with E-state index < -0.39 is 0 Å². The molecular formula is C20H16Cl2N6S2. The Labute approximate surface area is 192 Å². The minimum Gasteiger partial charge on any atom is -0.385 e. The third-order valence-electron chi connectivity index (χ3n) is 4.01. The predicted molar refractivity (Wildman–Crippen MR) is 129 cm³/mol. The summed E-state index contributed by atoms with van der Waals surface area (Å²) in [5.74, 6) is 0.950. The fourth-order valence-corrected chi connectivity index (χ4v) is 3.40. The molecule has 0 unspecified atom stereocenters. The molecule has 0 aliphatic carbocycles. The van der Waals surface area contributed by atoms with E-state index in [4.69, 9.17) is 59.1 Å². The molecule has 0 radical (unpaired) electrons. The molecule has 6 N–H and O–H groups in total. The lowest BCUT2D eigenvalue weighted by molar-refractivity contribution is 1.15. The van der Waals surface area contributed by atoms with Crippen LogP contribution >= 0.6 is 47.6 Å². The van der Waals surface area contributed by atoms with Gasteiger partial charge in [0.1, 0.15) is 11.6 Å². The minimum atomic E-state index is 0.364. The zero-order chi connectivity index (χ0) is 21.7. The summed E-state index contributed by atoms with van der Waals surface area (Å²) in [5, 5.41) is 1.27. The van der Waals surface area contributed by atoms with Gasteiger partial charge in [0.2, 0.25) is 0 Å². The number of nitrogens with one attached hydrogen (secondary N) is 2. The number of aromatic amines is 2. The smallest absolute Gasteiger partial charge is 0.198 e. The highest BCUT2D eigenvalue weighted by atomic mass is 35.5. The van der Waals surface area contributed by atoms with Crippen molar-refractivity contribution in [2.75, 3.05) is 11.5 Å². The van der Waals surface area contributed by atoms with Crippen LogP contribution in [0.4, 0.5) is 11.6 Å². The van der Waals surface area contributed by atoms with E-state index in [0.717, 1.165) is 22.3 Å². The molecule has 10 heteroatoms. The monoisotopic (exact) mass is 474 g/mol. The fourth-order valence-electron chi connectivity index (χ4n) is 2.60. The van der Waals surface area contributed by atoms with Crippen LogP contribution in [0.1, 0.15) is 0 Å². The van der Waals surface area contributed by atoms with E-state index in [1.54, 1.807) is 24.5 Å². The zero-order valence-corrected chi connectivity index (χ0v) is 18.5. The first-order valence-electron chi connectivity index (χ1n) is 8.56. The molecule has 0 aliphatic heterocycles. The van der Waals surface area contributed by atoms with Crippen molar-refractivity contribution in [2.24, 2.45) is 0 Å². The van der Waals surface area contributed by atoms with Crippen LogP contribution in [0.2, 0.25) is 10.0 Å². The molecule has 0 atom stereocenters. The van der Waals surface area contributed by atoms with Gasteiger partial charge in [-0.3, -0.25) is 0 Å². The number of hydrogen-bond donors (Lipinski definition) is 4. The zero-order valence-electron chi connectivity index (χ0n) is 15.4. The van der Waals surface area contributed by atoms with Gasteiger partial charge in [0, 0.05) is 44.7 Å². The highest BCUT2D eigenvalue weighted by molar-refractivity contribution is 7.71. The lowest BCUT2D eigenvalue weighted by atomic mass is 10.1. The fraction of sp³-hybridized carbons (Fsp3) is 0. The normalized spacial score (nSPS) is 10.2. The number of nitrogen functional groups attached to an aromatic ring is 2. The molecule has 0 fully saturated rings. The topological polar surface area (TPSA) is 109 Å². The first-order valence-corrected chi connectivity index (χ1v) is 10.1. The summed E-state index contributed by atoms with van der Waals surface area (Å²) in [6.45, 7) is 0. The summed E-state index contributed by atoms with van der Waals surface area (Å²) >= 11 is 21.8. The van der Waals surface area contributed by atoms with Crippen LogP contribution in [0.25, 0.3) is 22.3 Å². The van der Waals surface area contributed by atoms with Crippen molar-refractivity contribution in [2.45, 2.75) is 0 Å². The van der Waals surface area contributed by atoms with Crippen molar-refractivity contribution in [3.05, 3.63) is 80.5 Å². The van der Waals surface area contributed by atoms with Crippen LogP contribution < -0.4 is 11.5 Å². The molecule has 2 heterocycles. The number of anilines is 2. The van der Waals surface area contributed by atoms with Crippen molar-refractivity contribution in [3.63, 3.8) is 0 Å². The Bertz CT molecular complexity index is 1200. The molecule has 0 saturated carbocycles. The molecule has 0 aliphatic rings. The molecule has 4 aromatic rings. The van der Waals surface area contributed by atoms with Crippen molar-refractivity contribution >= 4 is 59.3 Å². The number of aromatic nitrogens is 4. The first kappa shape index (κ1) is 21.9. The van der Waals surface area contributed by atoms with E-state index in [0.29, 0.717) is 31.2 Å². The van der Waals surface area contributed by atoms with Gasteiger partial charge in [0.25, 0.3) is 0 Å². The Kier molecular flexibility index (Phi) is 7.17. The van der Waals surface area contributed by atoms with E-state index in [9.17, 15) is 0 Å².